The minimum Gasteiger partial charge on any atom is -0.488 e. The molecule has 0 saturated carbocycles. The maximum absolute atomic E-state index is 13.4. The van der Waals surface area contributed by atoms with Gasteiger partial charge in [0, 0.05) is 6.20 Å². The van der Waals surface area contributed by atoms with Crippen LogP contribution in [0.1, 0.15) is 11.3 Å². The number of hydrogen-bond acceptors (Lipinski definition) is 7. The van der Waals surface area contributed by atoms with Gasteiger partial charge in [-0.1, -0.05) is 11.2 Å². The van der Waals surface area contributed by atoms with Gasteiger partial charge in [-0.15, -0.1) is 0 Å². The summed E-state index contributed by atoms with van der Waals surface area (Å²) < 4.78 is 27.0. The van der Waals surface area contributed by atoms with Crippen LogP contribution in [0.15, 0.2) is 70.4 Å². The van der Waals surface area contributed by atoms with Crippen LogP contribution in [0, 0.1) is 12.7 Å². The van der Waals surface area contributed by atoms with E-state index in [1.54, 1.807) is 24.7 Å². The first kappa shape index (κ1) is 19.5. The normalized spacial score (nSPS) is 17.3. The van der Waals surface area contributed by atoms with E-state index in [9.17, 15) is 4.39 Å². The Morgan fingerprint density at radius 1 is 1.06 bits per heavy atom. The summed E-state index contributed by atoms with van der Waals surface area (Å²) in [6.07, 6.45) is 7.39. The maximum atomic E-state index is 13.4. The van der Waals surface area contributed by atoms with Gasteiger partial charge in [0.2, 0.25) is 0 Å². The number of anilines is 1. The van der Waals surface area contributed by atoms with Gasteiger partial charge in [0.1, 0.15) is 12.4 Å². The van der Waals surface area contributed by atoms with E-state index in [0.29, 0.717) is 31.0 Å². The summed E-state index contributed by atoms with van der Waals surface area (Å²) in [4.78, 5) is 9.04. The van der Waals surface area contributed by atoms with Crippen molar-refractivity contribution in [2.45, 2.75) is 6.92 Å². The van der Waals surface area contributed by atoms with Crippen molar-refractivity contribution in [3.63, 3.8) is 0 Å². The number of aromatic nitrogens is 3. The molecule has 2 aliphatic rings. The van der Waals surface area contributed by atoms with Gasteiger partial charge >= 0.3 is 0 Å². The zero-order valence-electron chi connectivity index (χ0n) is 18.0. The van der Waals surface area contributed by atoms with E-state index in [1.807, 2.05) is 35.9 Å². The molecular weight excluding hydrogens is 423 g/mol. The Morgan fingerprint density at radius 2 is 1.94 bits per heavy atom. The van der Waals surface area contributed by atoms with Gasteiger partial charge in [-0.25, -0.2) is 9.37 Å². The molecule has 0 bridgehead atoms. The van der Waals surface area contributed by atoms with Gasteiger partial charge in [-0.2, -0.15) is 0 Å². The third-order valence-corrected chi connectivity index (χ3v) is 5.83. The molecule has 2 aromatic heterocycles. The molecule has 0 amide bonds. The molecule has 0 N–H and O–H groups in total. The summed E-state index contributed by atoms with van der Waals surface area (Å²) in [5.41, 5.74) is 4.31. The number of halogens is 1. The first-order valence-corrected chi connectivity index (χ1v) is 10.8. The third kappa shape index (κ3) is 3.42. The molecule has 4 aromatic rings. The lowest BCUT2D eigenvalue weighted by Crippen LogP contribution is -2.55. The molecule has 1 fully saturated rings. The summed E-state index contributed by atoms with van der Waals surface area (Å²) in [7, 11) is 0. The number of hydrazine groups is 1. The average Bonchev–Trinajstić information content (AvgIpc) is 3.49. The molecular formula is C24H21FN6O2. The van der Waals surface area contributed by atoms with E-state index in [-0.39, 0.29) is 5.82 Å². The second-order valence-corrected chi connectivity index (χ2v) is 7.95. The number of aryl methyl sites for hydroxylation is 1. The molecule has 0 unspecified atom stereocenters. The zero-order valence-corrected chi connectivity index (χ0v) is 18.0. The zero-order chi connectivity index (χ0) is 22.4. The van der Waals surface area contributed by atoms with Crippen LogP contribution in [0.25, 0.3) is 22.7 Å². The standard InChI is InChI=1S/C24H21FN6O2/c1-16-14-29(15-27-16)21-7-2-17(20-13-28-33-23(20)21)12-22-24-26-8-9-30(31(24)10-11-32-22)19-5-3-18(25)4-6-19/h2-7,12-15H,8-11H2,1H3/b22-12-. The Bertz CT molecular complexity index is 1390. The molecule has 4 heterocycles. The van der Waals surface area contributed by atoms with E-state index in [1.165, 1.54) is 12.1 Å². The molecule has 2 aromatic carbocycles. The van der Waals surface area contributed by atoms with Crippen LogP contribution in [0.3, 0.4) is 0 Å². The Balaban J connectivity index is 1.37. The number of hydrogen-bond donors (Lipinski definition) is 0. The number of rotatable bonds is 3. The fraction of sp³-hybridized carbons (Fsp3) is 0.208. The van der Waals surface area contributed by atoms with Crippen molar-refractivity contribution in [3.05, 3.63) is 78.0 Å². The first-order chi connectivity index (χ1) is 16.2. The highest BCUT2D eigenvalue weighted by molar-refractivity contribution is 6.04. The second-order valence-electron chi connectivity index (χ2n) is 7.95. The monoisotopic (exact) mass is 444 g/mol. The molecule has 166 valence electrons. The fourth-order valence-corrected chi connectivity index (χ4v) is 4.28. The smallest absolute Gasteiger partial charge is 0.191 e. The Kier molecular flexibility index (Phi) is 4.60. The molecule has 9 heteroatoms. The van der Waals surface area contributed by atoms with Gasteiger partial charge in [0.25, 0.3) is 0 Å². The maximum Gasteiger partial charge on any atom is 0.191 e. The number of benzene rings is 2. The van der Waals surface area contributed by atoms with Crippen LogP contribution in [0.2, 0.25) is 0 Å². The Labute approximate surface area is 189 Å². The van der Waals surface area contributed by atoms with E-state index in [2.05, 4.69) is 20.2 Å². The molecule has 6 rings (SSSR count). The van der Waals surface area contributed by atoms with Crippen LogP contribution < -0.4 is 5.01 Å². The van der Waals surface area contributed by atoms with E-state index >= 15 is 0 Å². The average molecular weight is 444 g/mol. The van der Waals surface area contributed by atoms with Gasteiger partial charge in [-0.3, -0.25) is 15.0 Å². The van der Waals surface area contributed by atoms with Gasteiger partial charge < -0.3 is 13.8 Å². The highest BCUT2D eigenvalue weighted by atomic mass is 19.1. The molecule has 0 spiro atoms. The molecule has 0 radical (unpaired) electrons. The van der Waals surface area contributed by atoms with Crippen LogP contribution >= 0.6 is 0 Å². The summed E-state index contributed by atoms with van der Waals surface area (Å²) in [6.45, 7) is 4.46. The summed E-state index contributed by atoms with van der Waals surface area (Å²) >= 11 is 0. The van der Waals surface area contributed by atoms with E-state index < -0.39 is 0 Å². The SMILES string of the molecule is Cc1cn(-c2ccc(/C=C3\OCCN4C3=NCCN4c3ccc(F)cc3)c3cnoc23)cn1. The van der Waals surface area contributed by atoms with Crippen molar-refractivity contribution in [1.29, 1.82) is 0 Å². The van der Waals surface area contributed by atoms with Gasteiger partial charge in [-0.05, 0) is 48.9 Å². The van der Waals surface area contributed by atoms with Gasteiger partial charge in [0.15, 0.2) is 17.2 Å². The summed E-state index contributed by atoms with van der Waals surface area (Å²) in [6, 6.07) is 10.5. The Hall–Kier alpha value is -4.14. The fourth-order valence-electron chi connectivity index (χ4n) is 4.28. The van der Waals surface area contributed by atoms with Crippen molar-refractivity contribution in [2.75, 3.05) is 31.3 Å². The number of morpholine rings is 1. The molecule has 1 saturated heterocycles. The predicted octanol–water partition coefficient (Wildman–Crippen LogP) is 3.97. The number of ether oxygens (including phenoxy) is 1. The van der Waals surface area contributed by atoms with Gasteiger partial charge in [0.05, 0.1) is 54.6 Å². The van der Waals surface area contributed by atoms with Crippen LogP contribution in [-0.4, -0.2) is 51.8 Å². The number of fused-ring (bicyclic) bond motifs is 2. The van der Waals surface area contributed by atoms with Crippen LogP contribution in [0.4, 0.5) is 10.1 Å². The lowest BCUT2D eigenvalue weighted by atomic mass is 10.1. The summed E-state index contributed by atoms with van der Waals surface area (Å²) in [5, 5.41) is 9.12. The minimum atomic E-state index is -0.251. The number of nitrogens with zero attached hydrogens (tertiary/aromatic N) is 6. The van der Waals surface area contributed by atoms with Crippen LogP contribution in [0.5, 0.6) is 0 Å². The summed E-state index contributed by atoms with van der Waals surface area (Å²) in [5.74, 6) is 1.19. The van der Waals surface area contributed by atoms with Crippen molar-refractivity contribution < 1.29 is 13.7 Å². The van der Waals surface area contributed by atoms with Crippen molar-refractivity contribution in [2.24, 2.45) is 4.99 Å². The predicted molar refractivity (Wildman–Crippen MR) is 123 cm³/mol. The second kappa shape index (κ2) is 7.77. The Morgan fingerprint density at radius 3 is 2.76 bits per heavy atom. The molecule has 0 aliphatic carbocycles. The molecule has 8 nitrogen and oxygen atoms in total. The number of imidazole rings is 1. The minimum absolute atomic E-state index is 0.251. The number of aliphatic imine (C=N–C) groups is 1. The largest absolute Gasteiger partial charge is 0.488 e. The quantitative estimate of drug-likeness (QED) is 0.476. The topological polar surface area (TPSA) is 71.9 Å². The van der Waals surface area contributed by atoms with Crippen molar-refractivity contribution in [1.82, 2.24) is 19.7 Å². The highest BCUT2D eigenvalue weighted by Gasteiger charge is 2.31. The lowest BCUT2D eigenvalue weighted by Gasteiger charge is -2.43. The van der Waals surface area contributed by atoms with Crippen molar-refractivity contribution >= 4 is 28.6 Å². The third-order valence-electron chi connectivity index (χ3n) is 5.83. The molecule has 0 atom stereocenters. The lowest BCUT2D eigenvalue weighted by molar-refractivity contribution is 0.160. The first-order valence-electron chi connectivity index (χ1n) is 10.8. The van der Waals surface area contributed by atoms with Crippen LogP contribution in [-0.2, 0) is 4.74 Å². The highest BCUT2D eigenvalue weighted by Crippen LogP contribution is 2.30. The van der Waals surface area contributed by atoms with E-state index in [4.69, 9.17) is 14.3 Å². The van der Waals surface area contributed by atoms with Crippen molar-refractivity contribution in [3.8, 4) is 5.69 Å². The molecule has 2 aliphatic heterocycles. The molecule has 33 heavy (non-hydrogen) atoms. The van der Waals surface area contributed by atoms with E-state index in [0.717, 1.165) is 40.4 Å². The number of amidine groups is 1.